The molecule has 0 aliphatic carbocycles. The fourth-order valence-electron chi connectivity index (χ4n) is 2.92. The summed E-state index contributed by atoms with van der Waals surface area (Å²) in [7, 11) is 2.04. The van der Waals surface area contributed by atoms with Gasteiger partial charge in [0.15, 0.2) is 0 Å². The van der Waals surface area contributed by atoms with Crippen molar-refractivity contribution >= 4 is 15.9 Å². The Kier molecular flexibility index (Phi) is 5.64. The van der Waals surface area contributed by atoms with Crippen LogP contribution in [0.5, 0.6) is 0 Å². The van der Waals surface area contributed by atoms with Gasteiger partial charge in [-0.2, -0.15) is 5.10 Å². The summed E-state index contributed by atoms with van der Waals surface area (Å²) in [6, 6.07) is 1.21. The first-order chi connectivity index (χ1) is 9.49. The van der Waals surface area contributed by atoms with Crippen molar-refractivity contribution in [1.29, 1.82) is 0 Å². The summed E-state index contributed by atoms with van der Waals surface area (Å²) in [5.74, 6) is 0. The van der Waals surface area contributed by atoms with Crippen molar-refractivity contribution in [3.63, 3.8) is 0 Å². The van der Waals surface area contributed by atoms with Gasteiger partial charge in [0.2, 0.25) is 0 Å². The first-order valence-corrected chi connectivity index (χ1v) is 8.43. The second-order valence-corrected chi connectivity index (χ2v) is 6.95. The second-order valence-electron chi connectivity index (χ2n) is 6.15. The number of nitrogens with zero attached hydrogens (tertiary/aromatic N) is 3. The third kappa shape index (κ3) is 3.83. The summed E-state index contributed by atoms with van der Waals surface area (Å²) < 4.78 is 3.18. The highest BCUT2D eigenvalue weighted by atomic mass is 79.9. The van der Waals surface area contributed by atoms with Crippen LogP contribution in [-0.4, -0.2) is 39.9 Å². The monoisotopic (exact) mass is 342 g/mol. The lowest BCUT2D eigenvalue weighted by Gasteiger charge is -2.36. The smallest absolute Gasteiger partial charge is 0.0739 e. The molecule has 0 aromatic carbocycles. The molecule has 1 N–H and O–H groups in total. The van der Waals surface area contributed by atoms with Crippen LogP contribution in [0.1, 0.15) is 44.5 Å². The van der Waals surface area contributed by atoms with Crippen LogP contribution in [-0.2, 0) is 13.6 Å². The highest BCUT2D eigenvalue weighted by Gasteiger charge is 2.24. The Bertz CT molecular complexity index is 441. The van der Waals surface area contributed by atoms with Crippen LogP contribution < -0.4 is 5.32 Å². The normalized spacial score (nSPS) is 20.8. The lowest BCUT2D eigenvalue weighted by atomic mass is 10.0. The van der Waals surface area contributed by atoms with Gasteiger partial charge < -0.3 is 5.32 Å². The van der Waals surface area contributed by atoms with E-state index in [9.17, 15) is 0 Å². The minimum absolute atomic E-state index is 0.560. The van der Waals surface area contributed by atoms with Crippen molar-refractivity contribution in [2.24, 2.45) is 7.05 Å². The zero-order chi connectivity index (χ0) is 14.7. The number of nitrogens with one attached hydrogen (secondary N) is 1. The highest BCUT2D eigenvalue weighted by Crippen LogP contribution is 2.25. The van der Waals surface area contributed by atoms with E-state index in [0.717, 1.165) is 18.8 Å². The molecule has 1 aliphatic rings. The largest absolute Gasteiger partial charge is 0.313 e. The van der Waals surface area contributed by atoms with E-state index in [-0.39, 0.29) is 0 Å². The molecule has 0 bridgehead atoms. The van der Waals surface area contributed by atoms with Gasteiger partial charge in [0.25, 0.3) is 0 Å². The fourth-order valence-corrected chi connectivity index (χ4v) is 3.38. The van der Waals surface area contributed by atoms with E-state index in [0.29, 0.717) is 12.1 Å². The Hall–Kier alpha value is -0.390. The van der Waals surface area contributed by atoms with E-state index >= 15 is 0 Å². The summed E-state index contributed by atoms with van der Waals surface area (Å²) in [5, 5.41) is 8.09. The fraction of sp³-hybridized carbons (Fsp3) is 0.800. The van der Waals surface area contributed by atoms with Gasteiger partial charge in [0.05, 0.1) is 15.9 Å². The second kappa shape index (κ2) is 7.05. The molecule has 2 heterocycles. The summed E-state index contributed by atoms with van der Waals surface area (Å²) in [6.07, 6.45) is 3.97. The third-order valence-corrected chi connectivity index (χ3v) is 5.16. The maximum atomic E-state index is 4.50. The predicted octanol–water partition coefficient (Wildman–Crippen LogP) is 2.84. The number of piperidine rings is 1. The number of hydrogen-bond acceptors (Lipinski definition) is 3. The molecule has 1 aromatic rings. The number of hydrogen-bond donors (Lipinski definition) is 1. The Morgan fingerprint density at radius 3 is 2.75 bits per heavy atom. The molecule has 0 spiro atoms. The average Bonchev–Trinajstić information content (AvgIpc) is 2.64. The first kappa shape index (κ1) is 16.0. The molecule has 1 fully saturated rings. The Labute approximate surface area is 131 Å². The van der Waals surface area contributed by atoms with Gasteiger partial charge in [-0.25, -0.2) is 0 Å². The molecule has 1 aliphatic heterocycles. The van der Waals surface area contributed by atoms with Crippen molar-refractivity contribution in [2.75, 3.05) is 13.1 Å². The number of aromatic nitrogens is 2. The Morgan fingerprint density at radius 1 is 1.40 bits per heavy atom. The summed E-state index contributed by atoms with van der Waals surface area (Å²) in [5.41, 5.74) is 2.37. The maximum absolute atomic E-state index is 4.50. The molecule has 0 amide bonds. The quantitative estimate of drug-likeness (QED) is 0.893. The van der Waals surface area contributed by atoms with Gasteiger partial charge in [-0.1, -0.05) is 20.3 Å². The van der Waals surface area contributed by atoms with E-state index in [4.69, 9.17) is 0 Å². The van der Waals surface area contributed by atoms with Crippen molar-refractivity contribution in [3.05, 3.63) is 15.9 Å². The van der Waals surface area contributed by atoms with Crippen molar-refractivity contribution in [3.8, 4) is 0 Å². The molecule has 1 unspecified atom stereocenters. The standard InChI is InChI=1S/C15H27BrN4/c1-11(2)17-9-13-7-5-6-8-20(13)10-14-15(16)12(3)18-19(14)4/h11,13,17H,5-10H2,1-4H3. The zero-order valence-electron chi connectivity index (χ0n) is 13.1. The molecule has 0 radical (unpaired) electrons. The molecule has 4 nitrogen and oxygen atoms in total. The van der Waals surface area contributed by atoms with Crippen LogP contribution in [0.25, 0.3) is 0 Å². The van der Waals surface area contributed by atoms with Gasteiger partial charge >= 0.3 is 0 Å². The topological polar surface area (TPSA) is 33.1 Å². The number of halogens is 1. The van der Waals surface area contributed by atoms with E-state index in [1.807, 2.05) is 11.7 Å². The predicted molar refractivity (Wildman–Crippen MR) is 86.8 cm³/mol. The molecular formula is C15H27BrN4. The molecule has 114 valence electrons. The first-order valence-electron chi connectivity index (χ1n) is 7.64. The van der Waals surface area contributed by atoms with Crippen LogP contribution in [0.4, 0.5) is 0 Å². The molecule has 1 atom stereocenters. The summed E-state index contributed by atoms with van der Waals surface area (Å²) in [6.45, 7) is 9.76. The van der Waals surface area contributed by atoms with Crippen LogP contribution in [0.2, 0.25) is 0 Å². The Morgan fingerprint density at radius 2 is 2.15 bits per heavy atom. The molecule has 2 rings (SSSR count). The number of likely N-dealkylation sites (tertiary alicyclic amines) is 1. The molecule has 1 saturated heterocycles. The van der Waals surface area contributed by atoms with E-state index in [2.05, 4.69) is 52.0 Å². The number of aryl methyl sites for hydroxylation is 2. The molecule has 20 heavy (non-hydrogen) atoms. The SMILES string of the molecule is Cc1nn(C)c(CN2CCCCC2CNC(C)C)c1Br. The van der Waals surface area contributed by atoms with Crippen LogP contribution in [0.15, 0.2) is 4.47 Å². The minimum Gasteiger partial charge on any atom is -0.313 e. The van der Waals surface area contributed by atoms with E-state index in [1.165, 1.54) is 36.0 Å². The molecule has 5 heteroatoms. The molecule has 1 aromatic heterocycles. The van der Waals surface area contributed by atoms with Crippen LogP contribution in [0, 0.1) is 6.92 Å². The third-order valence-electron chi connectivity index (χ3n) is 4.13. The molecular weight excluding hydrogens is 316 g/mol. The average molecular weight is 343 g/mol. The lowest BCUT2D eigenvalue weighted by Crippen LogP contribution is -2.46. The van der Waals surface area contributed by atoms with Crippen molar-refractivity contribution < 1.29 is 0 Å². The molecule has 0 saturated carbocycles. The van der Waals surface area contributed by atoms with Crippen LogP contribution in [0.3, 0.4) is 0 Å². The maximum Gasteiger partial charge on any atom is 0.0739 e. The highest BCUT2D eigenvalue weighted by molar-refractivity contribution is 9.10. The van der Waals surface area contributed by atoms with E-state index < -0.39 is 0 Å². The van der Waals surface area contributed by atoms with E-state index in [1.54, 1.807) is 0 Å². The zero-order valence-corrected chi connectivity index (χ0v) is 14.7. The van der Waals surface area contributed by atoms with Gasteiger partial charge in [-0.05, 0) is 42.2 Å². The van der Waals surface area contributed by atoms with Gasteiger partial charge in [-0.3, -0.25) is 9.58 Å². The summed E-state index contributed by atoms with van der Waals surface area (Å²) >= 11 is 3.68. The lowest BCUT2D eigenvalue weighted by molar-refractivity contribution is 0.132. The number of rotatable bonds is 5. The van der Waals surface area contributed by atoms with Crippen LogP contribution >= 0.6 is 15.9 Å². The Balaban J connectivity index is 2.04. The van der Waals surface area contributed by atoms with Crippen molar-refractivity contribution in [1.82, 2.24) is 20.0 Å². The van der Waals surface area contributed by atoms with Gasteiger partial charge in [0.1, 0.15) is 0 Å². The minimum atomic E-state index is 0.560. The van der Waals surface area contributed by atoms with Gasteiger partial charge in [0, 0.05) is 32.2 Å². The van der Waals surface area contributed by atoms with Gasteiger partial charge in [-0.15, -0.1) is 0 Å². The van der Waals surface area contributed by atoms with Crippen molar-refractivity contribution in [2.45, 2.75) is 58.7 Å². The summed E-state index contributed by atoms with van der Waals surface area (Å²) in [4.78, 5) is 2.61.